The second kappa shape index (κ2) is 13.9. The van der Waals surface area contributed by atoms with E-state index in [2.05, 4.69) is 37.9 Å². The highest BCUT2D eigenvalue weighted by molar-refractivity contribution is 5.85. The van der Waals surface area contributed by atoms with Crippen LogP contribution in [0.1, 0.15) is 34.1 Å². The fraction of sp³-hybridized carbons (Fsp3) is 0.923. The molecule has 0 heterocycles. The van der Waals surface area contributed by atoms with Gasteiger partial charge in [-0.25, -0.2) is 0 Å². The summed E-state index contributed by atoms with van der Waals surface area (Å²) in [6.07, 6.45) is 0.146. The van der Waals surface area contributed by atoms with Crippen molar-refractivity contribution >= 4 is 30.7 Å². The maximum atomic E-state index is 11.6. The molecule has 1 amide bonds. The summed E-state index contributed by atoms with van der Waals surface area (Å²) >= 11 is 0. The molecule has 0 bridgehead atoms. The largest absolute Gasteiger partial charge is 0.380 e. The molecule has 0 aromatic heterocycles. The normalized spacial score (nSPS) is 12.1. The van der Waals surface area contributed by atoms with E-state index in [9.17, 15) is 4.79 Å². The minimum Gasteiger partial charge on any atom is -0.380 e. The second-order valence-corrected chi connectivity index (χ2v) is 5.07. The molecule has 3 N–H and O–H groups in total. The lowest BCUT2D eigenvalue weighted by Gasteiger charge is -2.30. The number of nitrogens with one attached hydrogen (secondary N) is 1. The highest BCUT2D eigenvalue weighted by atomic mass is 35.5. The van der Waals surface area contributed by atoms with Crippen molar-refractivity contribution < 1.29 is 9.53 Å². The summed E-state index contributed by atoms with van der Waals surface area (Å²) in [4.78, 5) is 14.0. The quantitative estimate of drug-likeness (QED) is 0.670. The highest BCUT2D eigenvalue weighted by Crippen LogP contribution is 2.03. The van der Waals surface area contributed by atoms with Crippen LogP contribution in [0.5, 0.6) is 0 Å². The van der Waals surface area contributed by atoms with Crippen LogP contribution in [0.3, 0.4) is 0 Å². The van der Waals surface area contributed by atoms with Gasteiger partial charge in [-0.1, -0.05) is 0 Å². The summed E-state index contributed by atoms with van der Waals surface area (Å²) in [6.45, 7) is 10.5. The molecule has 0 radical (unpaired) electrons. The van der Waals surface area contributed by atoms with Crippen molar-refractivity contribution in [1.29, 1.82) is 0 Å². The van der Waals surface area contributed by atoms with Crippen molar-refractivity contribution in [2.75, 3.05) is 26.7 Å². The van der Waals surface area contributed by atoms with Gasteiger partial charge >= 0.3 is 0 Å². The third kappa shape index (κ3) is 10.7. The molecule has 1 atom stereocenters. The van der Waals surface area contributed by atoms with Crippen LogP contribution in [0.25, 0.3) is 0 Å². The molecular weight excluding hydrogens is 301 g/mol. The van der Waals surface area contributed by atoms with Crippen molar-refractivity contribution in [2.24, 2.45) is 5.73 Å². The summed E-state index contributed by atoms with van der Waals surface area (Å²) in [5, 5.41) is 2.91. The number of nitrogens with two attached hydrogens (primary N) is 1. The first kappa shape index (κ1) is 24.9. The van der Waals surface area contributed by atoms with Crippen molar-refractivity contribution in [3.05, 3.63) is 0 Å². The first-order valence-corrected chi connectivity index (χ1v) is 6.67. The Hall–Kier alpha value is -0.0700. The van der Waals surface area contributed by atoms with Crippen LogP contribution in [0.2, 0.25) is 0 Å². The molecule has 0 aliphatic carbocycles. The van der Waals surface area contributed by atoms with Gasteiger partial charge < -0.3 is 15.8 Å². The van der Waals surface area contributed by atoms with Gasteiger partial charge in [-0.15, -0.1) is 24.8 Å². The van der Waals surface area contributed by atoms with Gasteiger partial charge in [0, 0.05) is 38.8 Å². The van der Waals surface area contributed by atoms with Gasteiger partial charge in [0.1, 0.15) is 0 Å². The van der Waals surface area contributed by atoms with E-state index in [1.54, 1.807) is 7.11 Å². The number of hydrogen-bond acceptors (Lipinski definition) is 4. The topological polar surface area (TPSA) is 67.6 Å². The summed E-state index contributed by atoms with van der Waals surface area (Å²) in [5.41, 5.74) is 5.47. The van der Waals surface area contributed by atoms with Crippen LogP contribution < -0.4 is 11.1 Å². The third-order valence-electron chi connectivity index (χ3n) is 3.03. The van der Waals surface area contributed by atoms with Crippen LogP contribution in [0.4, 0.5) is 0 Å². The van der Waals surface area contributed by atoms with E-state index < -0.39 is 0 Å². The molecule has 0 spiro atoms. The van der Waals surface area contributed by atoms with Crippen molar-refractivity contribution in [2.45, 2.75) is 52.3 Å². The van der Waals surface area contributed by atoms with Crippen LogP contribution in [0.15, 0.2) is 0 Å². The van der Waals surface area contributed by atoms with Gasteiger partial charge in [-0.3, -0.25) is 9.69 Å². The van der Waals surface area contributed by atoms with Crippen LogP contribution in [-0.2, 0) is 9.53 Å². The monoisotopic (exact) mass is 331 g/mol. The molecule has 5 nitrogen and oxygen atoms in total. The molecule has 0 rings (SSSR count). The number of rotatable bonds is 9. The van der Waals surface area contributed by atoms with E-state index in [-0.39, 0.29) is 36.8 Å². The van der Waals surface area contributed by atoms with Gasteiger partial charge in [-0.05, 0) is 27.7 Å². The number of amides is 1. The average molecular weight is 332 g/mol. The molecule has 7 heteroatoms. The first-order chi connectivity index (χ1) is 8.42. The van der Waals surface area contributed by atoms with Gasteiger partial charge in [0.05, 0.1) is 12.5 Å². The molecule has 0 aromatic rings. The predicted molar refractivity (Wildman–Crippen MR) is 89.0 cm³/mol. The zero-order valence-electron chi connectivity index (χ0n) is 13.2. The Labute approximate surface area is 135 Å². The van der Waals surface area contributed by atoms with Gasteiger partial charge in [-0.2, -0.15) is 0 Å². The predicted octanol–water partition coefficient (Wildman–Crippen LogP) is 1.43. The van der Waals surface area contributed by atoms with Gasteiger partial charge in [0.2, 0.25) is 5.91 Å². The zero-order chi connectivity index (χ0) is 14.1. The van der Waals surface area contributed by atoms with Crippen LogP contribution in [0, 0.1) is 0 Å². The van der Waals surface area contributed by atoms with Crippen LogP contribution >= 0.6 is 24.8 Å². The van der Waals surface area contributed by atoms with E-state index in [4.69, 9.17) is 10.5 Å². The standard InChI is InChI=1S/C13H29N3O2.2ClH/c1-10(2)16(11(3)4)7-6-15-13(17)8-12(9-14)18-5;;/h10-12H,6-9,14H2,1-5H3,(H,15,17);2*1H. The Morgan fingerprint density at radius 1 is 1.20 bits per heavy atom. The Morgan fingerprint density at radius 2 is 1.70 bits per heavy atom. The maximum absolute atomic E-state index is 11.6. The zero-order valence-corrected chi connectivity index (χ0v) is 14.9. The minimum atomic E-state index is -0.184. The molecule has 0 aromatic carbocycles. The van der Waals surface area contributed by atoms with Crippen molar-refractivity contribution in [1.82, 2.24) is 10.2 Å². The van der Waals surface area contributed by atoms with E-state index in [1.807, 2.05) is 0 Å². The number of hydrogen-bond donors (Lipinski definition) is 2. The smallest absolute Gasteiger partial charge is 0.222 e. The fourth-order valence-electron chi connectivity index (χ4n) is 1.98. The number of methoxy groups -OCH3 is 1. The molecule has 0 fully saturated rings. The molecule has 0 aliphatic rings. The van der Waals surface area contributed by atoms with E-state index in [1.165, 1.54) is 0 Å². The molecule has 124 valence electrons. The third-order valence-corrected chi connectivity index (χ3v) is 3.03. The summed E-state index contributed by atoms with van der Waals surface area (Å²) in [6, 6.07) is 0.968. The first-order valence-electron chi connectivity index (χ1n) is 6.67. The average Bonchev–Trinajstić information content (AvgIpc) is 2.30. The molecule has 0 saturated carbocycles. The lowest BCUT2D eigenvalue weighted by atomic mass is 10.2. The summed E-state index contributed by atoms with van der Waals surface area (Å²) in [7, 11) is 1.57. The SMILES string of the molecule is COC(CN)CC(=O)NCCN(C(C)C)C(C)C.Cl.Cl. The Kier molecular flexibility index (Phi) is 17.3. The number of ether oxygens (including phenoxy) is 1. The molecule has 1 unspecified atom stereocenters. The van der Waals surface area contributed by atoms with Crippen molar-refractivity contribution in [3.8, 4) is 0 Å². The van der Waals surface area contributed by atoms with E-state index >= 15 is 0 Å². The Bertz CT molecular complexity index is 230. The fourth-order valence-corrected chi connectivity index (χ4v) is 1.98. The van der Waals surface area contributed by atoms with Crippen LogP contribution in [-0.4, -0.2) is 55.7 Å². The minimum absolute atomic E-state index is 0. The molecular formula is C13H31Cl2N3O2. The second-order valence-electron chi connectivity index (χ2n) is 5.07. The molecule has 0 saturated heterocycles. The number of carbonyl (C=O) groups is 1. The lowest BCUT2D eigenvalue weighted by Crippen LogP contribution is -2.43. The molecule has 0 aliphatic heterocycles. The Balaban J connectivity index is -0.00000144. The molecule has 20 heavy (non-hydrogen) atoms. The van der Waals surface area contributed by atoms with E-state index in [0.29, 0.717) is 31.6 Å². The summed E-state index contributed by atoms with van der Waals surface area (Å²) in [5.74, 6) is -0.000220. The number of halogens is 2. The summed E-state index contributed by atoms with van der Waals surface area (Å²) < 4.78 is 5.08. The van der Waals surface area contributed by atoms with Gasteiger partial charge in [0.15, 0.2) is 0 Å². The number of nitrogens with zero attached hydrogens (tertiary/aromatic N) is 1. The number of carbonyl (C=O) groups excluding carboxylic acids is 1. The van der Waals surface area contributed by atoms with Gasteiger partial charge in [0.25, 0.3) is 0 Å². The lowest BCUT2D eigenvalue weighted by molar-refractivity contribution is -0.123. The van der Waals surface area contributed by atoms with E-state index in [0.717, 1.165) is 6.54 Å². The Morgan fingerprint density at radius 3 is 2.05 bits per heavy atom. The van der Waals surface area contributed by atoms with Crippen molar-refractivity contribution in [3.63, 3.8) is 0 Å². The maximum Gasteiger partial charge on any atom is 0.222 e. The highest BCUT2D eigenvalue weighted by Gasteiger charge is 2.14.